The largest absolute Gasteiger partial charge is 0.507 e. The molecule has 0 aliphatic carbocycles. The van der Waals surface area contributed by atoms with Crippen LogP contribution in [0.4, 0.5) is 0 Å². The first-order chi connectivity index (χ1) is 9.68. The number of phenolic OH excluding ortho intramolecular Hbond substituents is 1. The summed E-state index contributed by atoms with van der Waals surface area (Å²) < 4.78 is 0. The zero-order valence-corrected chi connectivity index (χ0v) is 14.2. The topological polar surface area (TPSA) is 72.3 Å². The minimum Gasteiger partial charge on any atom is -0.507 e. The van der Waals surface area contributed by atoms with Crippen LogP contribution in [-0.2, 0) is 18.3 Å². The maximum atomic E-state index is 10.6. The minimum atomic E-state index is 0.0455. The van der Waals surface area contributed by atoms with Gasteiger partial charge in [-0.2, -0.15) is 0 Å². The highest BCUT2D eigenvalue weighted by atomic mass is 16.3. The lowest BCUT2D eigenvalue weighted by molar-refractivity contribution is 0.451. The van der Waals surface area contributed by atoms with Crippen LogP contribution in [0.15, 0.2) is 12.1 Å². The zero-order valence-electron chi connectivity index (χ0n) is 14.2. The molecule has 0 amide bonds. The van der Waals surface area contributed by atoms with Crippen molar-refractivity contribution in [2.45, 2.75) is 77.8 Å². The molecular formula is C18H32N2O. The average Bonchev–Trinajstić information content (AvgIpc) is 2.41. The van der Waals surface area contributed by atoms with E-state index in [2.05, 4.69) is 46.8 Å². The second-order valence-electron chi connectivity index (χ2n) is 7.14. The van der Waals surface area contributed by atoms with Gasteiger partial charge in [-0.15, -0.1) is 0 Å². The predicted octanol–water partition coefficient (Wildman–Crippen LogP) is 3.25. The van der Waals surface area contributed by atoms with E-state index >= 15 is 0 Å². The fourth-order valence-electron chi connectivity index (χ4n) is 2.36. The van der Waals surface area contributed by atoms with Crippen LogP contribution in [-0.4, -0.2) is 17.2 Å². The number of nitrogens with two attached hydrogens (primary N) is 2. The first-order valence-corrected chi connectivity index (χ1v) is 8.05. The molecule has 0 heterocycles. The maximum absolute atomic E-state index is 10.6. The van der Waals surface area contributed by atoms with E-state index in [9.17, 15) is 5.11 Å². The Bertz CT molecular complexity index is 430. The molecule has 0 saturated carbocycles. The van der Waals surface area contributed by atoms with Crippen molar-refractivity contribution in [1.82, 2.24) is 0 Å². The van der Waals surface area contributed by atoms with E-state index in [-0.39, 0.29) is 17.5 Å². The molecule has 0 saturated heterocycles. The van der Waals surface area contributed by atoms with E-state index in [4.69, 9.17) is 11.5 Å². The van der Waals surface area contributed by atoms with Crippen LogP contribution < -0.4 is 11.5 Å². The second-order valence-corrected chi connectivity index (χ2v) is 7.14. The fourth-order valence-corrected chi connectivity index (χ4v) is 2.36. The molecule has 1 rings (SSSR count). The molecule has 3 heteroatoms. The first-order valence-electron chi connectivity index (χ1n) is 8.05. The second kappa shape index (κ2) is 7.28. The van der Waals surface area contributed by atoms with Crippen LogP contribution in [0, 0.1) is 0 Å². The third kappa shape index (κ3) is 5.01. The summed E-state index contributed by atoms with van der Waals surface area (Å²) in [4.78, 5) is 0. The van der Waals surface area contributed by atoms with E-state index in [0.29, 0.717) is 18.6 Å². The van der Waals surface area contributed by atoms with Crippen LogP contribution in [0.5, 0.6) is 5.75 Å². The van der Waals surface area contributed by atoms with Gasteiger partial charge in [0.2, 0.25) is 0 Å². The quantitative estimate of drug-likeness (QED) is 0.753. The summed E-state index contributed by atoms with van der Waals surface area (Å²) >= 11 is 0. The number of benzene rings is 1. The Morgan fingerprint density at radius 3 is 1.62 bits per heavy atom. The standard InChI is InChI=1S/C18H32N2O/c1-6-15(19)10-12-8-14(18(3,4)5)9-13(17(12)21)11-16(20)7-2/h8-9,15-16,21H,6-7,10-11,19-20H2,1-5H3. The molecule has 5 N–H and O–H groups in total. The van der Waals surface area contributed by atoms with E-state index < -0.39 is 0 Å². The van der Waals surface area contributed by atoms with Crippen LogP contribution in [0.3, 0.4) is 0 Å². The summed E-state index contributed by atoms with van der Waals surface area (Å²) in [7, 11) is 0. The smallest absolute Gasteiger partial charge is 0.122 e. The summed E-state index contributed by atoms with van der Waals surface area (Å²) in [5.41, 5.74) is 15.3. The van der Waals surface area contributed by atoms with Crippen molar-refractivity contribution in [3.8, 4) is 5.75 Å². The van der Waals surface area contributed by atoms with Gasteiger partial charge < -0.3 is 16.6 Å². The van der Waals surface area contributed by atoms with Gasteiger partial charge in [0.05, 0.1) is 0 Å². The highest BCUT2D eigenvalue weighted by molar-refractivity contribution is 5.46. The molecular weight excluding hydrogens is 260 g/mol. The van der Waals surface area contributed by atoms with E-state index in [0.717, 1.165) is 24.0 Å². The molecule has 0 spiro atoms. The van der Waals surface area contributed by atoms with Crippen LogP contribution in [0.1, 0.15) is 64.2 Å². The van der Waals surface area contributed by atoms with Gasteiger partial charge in [0.25, 0.3) is 0 Å². The molecule has 1 aromatic carbocycles. The molecule has 0 aliphatic heterocycles. The van der Waals surface area contributed by atoms with Crippen LogP contribution >= 0.6 is 0 Å². The van der Waals surface area contributed by atoms with Crippen molar-refractivity contribution in [2.75, 3.05) is 0 Å². The Morgan fingerprint density at radius 2 is 1.33 bits per heavy atom. The van der Waals surface area contributed by atoms with Gasteiger partial charge in [-0.3, -0.25) is 0 Å². The molecule has 3 nitrogen and oxygen atoms in total. The Labute approximate surface area is 129 Å². The third-order valence-corrected chi connectivity index (χ3v) is 4.15. The zero-order chi connectivity index (χ0) is 16.2. The summed E-state index contributed by atoms with van der Waals surface area (Å²) in [5.74, 6) is 0.385. The van der Waals surface area contributed by atoms with Crippen molar-refractivity contribution in [3.05, 3.63) is 28.8 Å². The van der Waals surface area contributed by atoms with Gasteiger partial charge >= 0.3 is 0 Å². The average molecular weight is 292 g/mol. The normalized spacial score (nSPS) is 15.0. The maximum Gasteiger partial charge on any atom is 0.122 e. The molecule has 0 fully saturated rings. The lowest BCUT2D eigenvalue weighted by Gasteiger charge is -2.24. The van der Waals surface area contributed by atoms with Gasteiger partial charge in [0.15, 0.2) is 0 Å². The summed E-state index contributed by atoms with van der Waals surface area (Å²) in [6, 6.07) is 4.37. The lowest BCUT2D eigenvalue weighted by atomic mass is 9.83. The Hall–Kier alpha value is -1.06. The molecule has 120 valence electrons. The van der Waals surface area contributed by atoms with Gasteiger partial charge in [0, 0.05) is 12.1 Å². The third-order valence-electron chi connectivity index (χ3n) is 4.15. The SMILES string of the molecule is CCC(N)Cc1cc(C(C)(C)C)cc(CC(N)CC)c1O. The van der Waals surface area contributed by atoms with Crippen molar-refractivity contribution in [2.24, 2.45) is 11.5 Å². The molecule has 2 atom stereocenters. The Kier molecular flexibility index (Phi) is 6.24. The number of rotatable bonds is 6. The van der Waals surface area contributed by atoms with Gasteiger partial charge in [-0.1, -0.05) is 46.8 Å². The predicted molar refractivity (Wildman–Crippen MR) is 90.7 cm³/mol. The highest BCUT2D eigenvalue weighted by Gasteiger charge is 2.20. The molecule has 1 aromatic rings. The highest BCUT2D eigenvalue weighted by Crippen LogP contribution is 2.32. The van der Waals surface area contributed by atoms with Crippen LogP contribution in [0.25, 0.3) is 0 Å². The van der Waals surface area contributed by atoms with Gasteiger partial charge in [-0.05, 0) is 47.8 Å². The van der Waals surface area contributed by atoms with E-state index in [1.807, 2.05) is 0 Å². The van der Waals surface area contributed by atoms with Gasteiger partial charge in [0.1, 0.15) is 5.75 Å². The van der Waals surface area contributed by atoms with E-state index in [1.165, 1.54) is 5.56 Å². The number of hydrogen-bond acceptors (Lipinski definition) is 3. The van der Waals surface area contributed by atoms with Crippen molar-refractivity contribution < 1.29 is 5.11 Å². The number of phenols is 1. The van der Waals surface area contributed by atoms with Crippen molar-refractivity contribution in [1.29, 1.82) is 0 Å². The first kappa shape index (κ1) is 18.0. The number of hydrogen-bond donors (Lipinski definition) is 3. The minimum absolute atomic E-state index is 0.0455. The van der Waals surface area contributed by atoms with Gasteiger partial charge in [-0.25, -0.2) is 0 Å². The van der Waals surface area contributed by atoms with Crippen LogP contribution in [0.2, 0.25) is 0 Å². The fraction of sp³-hybridized carbons (Fsp3) is 0.667. The lowest BCUT2D eigenvalue weighted by Crippen LogP contribution is -2.24. The summed E-state index contributed by atoms with van der Waals surface area (Å²) in [5, 5.41) is 10.6. The molecule has 21 heavy (non-hydrogen) atoms. The summed E-state index contributed by atoms with van der Waals surface area (Å²) in [6.07, 6.45) is 3.23. The van der Waals surface area contributed by atoms with Crippen molar-refractivity contribution >= 4 is 0 Å². The molecule has 2 unspecified atom stereocenters. The molecule has 0 aromatic heterocycles. The molecule has 0 aliphatic rings. The van der Waals surface area contributed by atoms with E-state index in [1.54, 1.807) is 0 Å². The monoisotopic (exact) mass is 292 g/mol. The Morgan fingerprint density at radius 1 is 0.952 bits per heavy atom. The van der Waals surface area contributed by atoms with Crippen molar-refractivity contribution in [3.63, 3.8) is 0 Å². The Balaban J connectivity index is 3.25. The molecule has 0 radical (unpaired) electrons. The molecule has 0 bridgehead atoms. The summed E-state index contributed by atoms with van der Waals surface area (Å²) in [6.45, 7) is 10.7. The number of aromatic hydroxyl groups is 1.